The highest BCUT2D eigenvalue weighted by Crippen LogP contribution is 2.42. The second-order valence-corrected chi connectivity index (χ2v) is 21.2. The third kappa shape index (κ3) is 9.40. The molecular weight excluding hydrogens is 773 g/mol. The SMILES string of the molecule is O=S(CC(CC1CCCCC1)N1CCC(=C2c3ccccc3C=Cc3ccccc32)CC1)CC(CC1CCCCC1)N1CCC(=C2c3ccccc3C=Cc3ccccc32)CC1. The minimum atomic E-state index is -0.866. The van der Waals surface area contributed by atoms with Crippen molar-refractivity contribution in [3.05, 3.63) is 153 Å². The van der Waals surface area contributed by atoms with E-state index >= 15 is 0 Å². The van der Waals surface area contributed by atoms with Crippen LogP contribution in [0.15, 0.2) is 108 Å². The van der Waals surface area contributed by atoms with Crippen molar-refractivity contribution in [1.29, 1.82) is 0 Å². The monoisotopic (exact) mass is 841 g/mol. The van der Waals surface area contributed by atoms with Crippen molar-refractivity contribution in [3.8, 4) is 0 Å². The van der Waals surface area contributed by atoms with Gasteiger partial charge in [-0.25, -0.2) is 0 Å². The fourth-order valence-corrected chi connectivity index (χ4v) is 14.2. The van der Waals surface area contributed by atoms with E-state index in [0.717, 1.165) is 75.2 Å². The summed E-state index contributed by atoms with van der Waals surface area (Å²) in [6, 6.07) is 36.8. The predicted octanol–water partition coefficient (Wildman–Crippen LogP) is 13.6. The van der Waals surface area contributed by atoms with Gasteiger partial charge in [0.1, 0.15) is 0 Å². The number of piperidine rings is 2. The molecule has 3 nitrogen and oxygen atoms in total. The van der Waals surface area contributed by atoms with E-state index in [1.54, 1.807) is 11.1 Å². The molecular formula is C58H68N2OS. The fraction of sp³-hybridized carbons (Fsp3) is 0.448. The minimum Gasteiger partial charge on any atom is -0.299 e. The molecule has 2 heterocycles. The standard InChI is InChI=1S/C58H68N2OS/c61-62(41-51(39-43-15-3-1-4-16-43)59-35-31-49(32-36-59)57-53-23-11-7-19-45(53)27-28-46-20-8-12-24-54(46)57)42-52(40-44-17-5-2-6-18-44)60-37-33-50(34-38-60)58-55-25-13-9-21-47(55)29-30-48-22-10-14-26-56(48)58/h7-14,19-30,43-44,51-52H,1-6,15-18,31-42H2. The van der Waals surface area contributed by atoms with Crippen molar-refractivity contribution < 1.29 is 4.21 Å². The van der Waals surface area contributed by atoms with Crippen LogP contribution in [0.25, 0.3) is 35.5 Å². The summed E-state index contributed by atoms with van der Waals surface area (Å²) < 4.78 is 14.9. The average Bonchev–Trinajstić information content (AvgIpc) is 3.60. The summed E-state index contributed by atoms with van der Waals surface area (Å²) in [5, 5.41) is 0. The lowest BCUT2D eigenvalue weighted by molar-refractivity contribution is 0.156. The van der Waals surface area contributed by atoms with Gasteiger partial charge in [0.25, 0.3) is 0 Å². The number of hydrogen-bond donors (Lipinski definition) is 0. The van der Waals surface area contributed by atoms with E-state index in [0.29, 0.717) is 12.1 Å². The number of nitrogens with zero attached hydrogens (tertiary/aromatic N) is 2. The molecule has 0 radical (unpaired) electrons. The van der Waals surface area contributed by atoms with Crippen LogP contribution in [-0.2, 0) is 10.8 Å². The van der Waals surface area contributed by atoms with E-state index in [1.807, 2.05) is 0 Å². The summed E-state index contributed by atoms with van der Waals surface area (Å²) in [6.45, 7) is 4.29. The number of fused-ring (bicyclic) bond motifs is 4. The quantitative estimate of drug-likeness (QED) is 0.137. The first-order chi connectivity index (χ1) is 30.6. The Kier molecular flexibility index (Phi) is 13.3. The largest absolute Gasteiger partial charge is 0.299 e. The Morgan fingerprint density at radius 3 is 1.06 bits per heavy atom. The Morgan fingerprint density at radius 2 is 0.742 bits per heavy atom. The second kappa shape index (κ2) is 19.7. The fourth-order valence-electron chi connectivity index (χ4n) is 12.5. The summed E-state index contributed by atoms with van der Waals surface area (Å²) in [4.78, 5) is 5.60. The van der Waals surface area contributed by atoms with Crippen molar-refractivity contribution >= 4 is 46.2 Å². The van der Waals surface area contributed by atoms with Gasteiger partial charge < -0.3 is 0 Å². The smallest absolute Gasteiger partial charge is 0.0391 e. The van der Waals surface area contributed by atoms with Crippen molar-refractivity contribution in [1.82, 2.24) is 9.80 Å². The maximum atomic E-state index is 14.9. The maximum absolute atomic E-state index is 14.9. The lowest BCUT2D eigenvalue weighted by Crippen LogP contribution is -2.47. The molecule has 2 unspecified atom stereocenters. The first kappa shape index (κ1) is 41.9. The molecule has 10 rings (SSSR count). The average molecular weight is 841 g/mol. The van der Waals surface area contributed by atoms with Gasteiger partial charge in [-0.1, -0.05) is 197 Å². The molecule has 322 valence electrons. The zero-order valence-corrected chi connectivity index (χ0v) is 37.9. The van der Waals surface area contributed by atoms with Crippen molar-refractivity contribution in [3.63, 3.8) is 0 Å². The molecule has 2 saturated carbocycles. The zero-order chi connectivity index (χ0) is 41.7. The second-order valence-electron chi connectivity index (χ2n) is 19.6. The van der Waals surface area contributed by atoms with Crippen molar-refractivity contribution in [2.24, 2.45) is 11.8 Å². The summed E-state index contributed by atoms with van der Waals surface area (Å²) in [5.74, 6) is 3.22. The van der Waals surface area contributed by atoms with Gasteiger partial charge in [-0.2, -0.15) is 0 Å². The van der Waals surface area contributed by atoms with Crippen molar-refractivity contribution in [2.45, 2.75) is 115 Å². The predicted molar refractivity (Wildman–Crippen MR) is 265 cm³/mol. The van der Waals surface area contributed by atoms with E-state index < -0.39 is 10.8 Å². The Hall–Kier alpha value is -4.09. The molecule has 2 atom stereocenters. The topological polar surface area (TPSA) is 23.6 Å². The van der Waals surface area contributed by atoms with Gasteiger partial charge in [0.2, 0.25) is 0 Å². The highest BCUT2D eigenvalue weighted by atomic mass is 32.2. The van der Waals surface area contributed by atoms with Gasteiger partial charge in [0.15, 0.2) is 0 Å². The molecule has 6 aliphatic rings. The Morgan fingerprint density at radius 1 is 0.435 bits per heavy atom. The van der Waals surface area contributed by atoms with E-state index in [2.05, 4.69) is 131 Å². The molecule has 4 aromatic rings. The molecule has 62 heavy (non-hydrogen) atoms. The van der Waals surface area contributed by atoms with Gasteiger partial charge in [0, 0.05) is 60.6 Å². The molecule has 2 aliphatic heterocycles. The summed E-state index contributed by atoms with van der Waals surface area (Å²) in [5.41, 5.74) is 16.9. The third-order valence-corrected chi connectivity index (χ3v) is 17.3. The van der Waals surface area contributed by atoms with Crippen LogP contribution in [0, 0.1) is 11.8 Å². The van der Waals surface area contributed by atoms with Crippen LogP contribution < -0.4 is 0 Å². The molecule has 4 fully saturated rings. The van der Waals surface area contributed by atoms with Crippen LogP contribution in [0.1, 0.15) is 147 Å². The Labute approximate surface area is 375 Å². The van der Waals surface area contributed by atoms with E-state index in [9.17, 15) is 4.21 Å². The van der Waals surface area contributed by atoms with Crippen LogP contribution in [0.5, 0.6) is 0 Å². The molecule has 0 spiro atoms. The van der Waals surface area contributed by atoms with E-state index in [1.165, 1.54) is 133 Å². The first-order valence-electron chi connectivity index (χ1n) is 24.7. The number of hydrogen-bond acceptors (Lipinski definition) is 3. The maximum Gasteiger partial charge on any atom is 0.0391 e. The first-order valence-corrected chi connectivity index (χ1v) is 26.1. The van der Waals surface area contributed by atoms with Crippen molar-refractivity contribution in [2.75, 3.05) is 37.7 Å². The summed E-state index contributed by atoms with van der Waals surface area (Å²) in [7, 11) is -0.866. The van der Waals surface area contributed by atoms with Gasteiger partial charge in [0.05, 0.1) is 0 Å². The summed E-state index contributed by atoms with van der Waals surface area (Å²) >= 11 is 0. The highest BCUT2D eigenvalue weighted by molar-refractivity contribution is 7.85. The minimum absolute atomic E-state index is 0.401. The molecule has 2 saturated heterocycles. The molecule has 4 aromatic carbocycles. The molecule has 0 N–H and O–H groups in total. The molecule has 4 aliphatic carbocycles. The zero-order valence-electron chi connectivity index (χ0n) is 37.1. The van der Waals surface area contributed by atoms with Gasteiger partial charge in [-0.3, -0.25) is 14.0 Å². The van der Waals surface area contributed by atoms with E-state index in [4.69, 9.17) is 0 Å². The lowest BCUT2D eigenvalue weighted by Gasteiger charge is -2.40. The van der Waals surface area contributed by atoms with Crippen LogP contribution in [-0.4, -0.2) is 63.8 Å². The normalized spacial score (nSPS) is 21.6. The van der Waals surface area contributed by atoms with Crippen LogP contribution in [0.3, 0.4) is 0 Å². The van der Waals surface area contributed by atoms with E-state index in [-0.39, 0.29) is 0 Å². The molecule has 0 amide bonds. The lowest BCUT2D eigenvalue weighted by atomic mass is 9.83. The third-order valence-electron chi connectivity index (χ3n) is 15.8. The van der Waals surface area contributed by atoms with Crippen LogP contribution in [0.4, 0.5) is 0 Å². The van der Waals surface area contributed by atoms with Gasteiger partial charge >= 0.3 is 0 Å². The summed E-state index contributed by atoms with van der Waals surface area (Å²) in [6.07, 6.45) is 29.7. The Balaban J connectivity index is 0.875. The van der Waals surface area contributed by atoms with Gasteiger partial charge in [-0.05, 0) is 106 Å². The number of benzene rings is 4. The number of likely N-dealkylation sites (tertiary alicyclic amines) is 2. The number of rotatable bonds is 10. The van der Waals surface area contributed by atoms with Crippen LogP contribution in [0.2, 0.25) is 0 Å². The van der Waals surface area contributed by atoms with Gasteiger partial charge in [-0.15, -0.1) is 0 Å². The Bertz CT molecular complexity index is 2070. The molecule has 4 heteroatoms. The molecule has 0 bridgehead atoms. The van der Waals surface area contributed by atoms with Crippen LogP contribution >= 0.6 is 0 Å². The molecule has 0 aromatic heterocycles. The highest BCUT2D eigenvalue weighted by Gasteiger charge is 2.33.